The lowest BCUT2D eigenvalue weighted by molar-refractivity contribution is 1.38. The van der Waals surface area contributed by atoms with Gasteiger partial charge in [0.15, 0.2) is 0 Å². The summed E-state index contributed by atoms with van der Waals surface area (Å²) in [4.78, 5) is 30.1. The molecule has 0 spiro atoms. The van der Waals surface area contributed by atoms with Crippen molar-refractivity contribution in [3.05, 3.63) is 316 Å². The highest BCUT2D eigenvalue weighted by molar-refractivity contribution is 6.16. The fraction of sp³-hybridized carbons (Fsp3) is 0. The molecule has 0 saturated heterocycles. The number of hydrogen-bond donors (Lipinski definition) is 0. The highest BCUT2D eigenvalue weighted by Crippen LogP contribution is 2.40. The fourth-order valence-electron chi connectivity index (χ4n) is 13.8. The Kier molecular flexibility index (Phi) is 12.5. The predicted octanol–water partition coefficient (Wildman–Crippen LogP) is 22.4. The molecule has 19 rings (SSSR count). The summed E-state index contributed by atoms with van der Waals surface area (Å²) in [6, 6.07) is 107. The van der Waals surface area contributed by atoms with Gasteiger partial charge in [0.25, 0.3) is 0 Å². The fourth-order valence-corrected chi connectivity index (χ4v) is 13.8. The molecule has 0 fully saturated rings. The second kappa shape index (κ2) is 21.7. The lowest BCUT2D eigenvalue weighted by Crippen LogP contribution is -1.91. The number of pyridine rings is 6. The zero-order chi connectivity index (χ0) is 60.6. The van der Waals surface area contributed by atoms with Crippen molar-refractivity contribution in [2.45, 2.75) is 0 Å². The van der Waals surface area contributed by atoms with E-state index in [9.17, 15) is 0 Å². The third-order valence-electron chi connectivity index (χ3n) is 18.3. The van der Waals surface area contributed by atoms with Crippen molar-refractivity contribution in [1.29, 1.82) is 0 Å². The number of hydrogen-bond acceptors (Lipinski definition) is 6. The third-order valence-corrected chi connectivity index (χ3v) is 18.3. The van der Waals surface area contributed by atoms with Crippen LogP contribution in [0.3, 0.4) is 0 Å². The molecule has 426 valence electrons. The summed E-state index contributed by atoms with van der Waals surface area (Å²) in [5, 5.41) is 18.8. The summed E-state index contributed by atoms with van der Waals surface area (Å²) in [6.45, 7) is 0. The molecular weight excluding hydrogens is 1120 g/mol. The average Bonchev–Trinajstić information content (AvgIpc) is 1.00. The molecule has 0 aliphatic rings. The van der Waals surface area contributed by atoms with E-state index in [1.807, 2.05) is 24.5 Å². The lowest BCUT2D eigenvalue weighted by Gasteiger charge is -2.12. The first-order chi connectivity index (χ1) is 45.5. The Morgan fingerprint density at radius 3 is 1.04 bits per heavy atom. The molecule has 0 atom stereocenters. The second-order valence-electron chi connectivity index (χ2n) is 23.7. The van der Waals surface area contributed by atoms with Crippen molar-refractivity contribution in [2.24, 2.45) is 0 Å². The molecule has 92 heavy (non-hydrogen) atoms. The van der Waals surface area contributed by atoms with Crippen LogP contribution in [0.4, 0.5) is 0 Å². The first-order valence-electron chi connectivity index (χ1n) is 31.1. The van der Waals surface area contributed by atoms with Crippen molar-refractivity contribution in [3.63, 3.8) is 0 Å². The SMILES string of the molecule is c1ccc2c(-c3ccc4ccc(-c5ccc6ccc(-c7cc8cccnc8c8ccccc78)nc6c5)nc4c3)cccc2c1.c1ccc2c(c1)cc(-c1ccc3ccc(-c4ccc5ccc(-c6cc7cccnc7c7ccccc67)nc5c4)nc3c1)c1ccccc12. The van der Waals surface area contributed by atoms with Crippen molar-refractivity contribution >= 4 is 119 Å². The Bertz CT molecular complexity index is 6030. The molecule has 0 aliphatic carbocycles. The minimum atomic E-state index is 0.930. The standard InChI is InChI=1S/C45H27N3.C41H25N3/c1-2-10-34-30(8-1)24-39(36-12-4-3-11-35(34)36)31-17-15-28-19-21-41(47-43(28)26-31)32-18-16-29-20-22-42(48-44(29)27-32)40-25-33-9-7-23-46-45(33)38-14-6-5-13-37(38)40;1-2-10-32-26(7-1)8-5-13-33(32)29-16-14-27-18-20-37(43-39(27)24-29)30-17-15-28-19-21-38(44-40(28)25-30)36-23-31-9-6-22-42-41(31)35-12-4-3-11-34(35)36/h1-27H;1-25H. The highest BCUT2D eigenvalue weighted by Gasteiger charge is 2.16. The monoisotopic (exact) mass is 1170 g/mol. The number of rotatable bonds is 6. The van der Waals surface area contributed by atoms with E-state index >= 15 is 0 Å². The summed E-state index contributed by atoms with van der Waals surface area (Å²) < 4.78 is 0. The molecular formula is C86H52N6. The van der Waals surface area contributed by atoms with Crippen LogP contribution in [0.1, 0.15) is 0 Å². The van der Waals surface area contributed by atoms with Gasteiger partial charge in [-0.05, 0) is 144 Å². The summed E-state index contributed by atoms with van der Waals surface area (Å²) in [5.41, 5.74) is 18.7. The molecule has 6 heteroatoms. The van der Waals surface area contributed by atoms with Gasteiger partial charge in [0.1, 0.15) is 0 Å². The minimum Gasteiger partial charge on any atom is -0.256 e. The predicted molar refractivity (Wildman–Crippen MR) is 385 cm³/mol. The van der Waals surface area contributed by atoms with Crippen LogP contribution < -0.4 is 0 Å². The molecule has 0 N–H and O–H groups in total. The molecule has 6 nitrogen and oxygen atoms in total. The number of fused-ring (bicyclic) bond motifs is 14. The Hall–Kier alpha value is -12.4. The van der Waals surface area contributed by atoms with E-state index in [4.69, 9.17) is 19.9 Å². The van der Waals surface area contributed by atoms with Crippen LogP contribution in [0.5, 0.6) is 0 Å². The van der Waals surface area contributed by atoms with Gasteiger partial charge in [-0.25, -0.2) is 19.9 Å². The van der Waals surface area contributed by atoms with Crippen LogP contribution in [0.2, 0.25) is 0 Å². The second-order valence-corrected chi connectivity index (χ2v) is 23.7. The van der Waals surface area contributed by atoms with Crippen LogP contribution >= 0.6 is 0 Å². The van der Waals surface area contributed by atoms with Gasteiger partial charge in [0, 0.05) is 77.7 Å². The summed E-state index contributed by atoms with van der Waals surface area (Å²) in [5.74, 6) is 0. The smallest absolute Gasteiger partial charge is 0.0780 e. The Balaban J connectivity index is 0.000000136. The zero-order valence-corrected chi connectivity index (χ0v) is 49.7. The maximum Gasteiger partial charge on any atom is 0.0780 e. The van der Waals surface area contributed by atoms with Crippen LogP contribution in [-0.2, 0) is 0 Å². The molecule has 0 amide bonds. The van der Waals surface area contributed by atoms with Gasteiger partial charge >= 0.3 is 0 Å². The summed E-state index contributed by atoms with van der Waals surface area (Å²) >= 11 is 0. The van der Waals surface area contributed by atoms with E-state index in [1.54, 1.807) is 0 Å². The van der Waals surface area contributed by atoms with E-state index in [1.165, 1.54) is 49.0 Å². The topological polar surface area (TPSA) is 77.3 Å². The van der Waals surface area contributed by atoms with Gasteiger partial charge in [-0.3, -0.25) is 9.97 Å². The molecule has 0 aliphatic heterocycles. The van der Waals surface area contributed by atoms with E-state index in [-0.39, 0.29) is 0 Å². The number of benzene rings is 13. The van der Waals surface area contributed by atoms with Gasteiger partial charge in [-0.2, -0.15) is 0 Å². The highest BCUT2D eigenvalue weighted by atomic mass is 14.7. The van der Waals surface area contributed by atoms with Crippen LogP contribution in [0, 0.1) is 0 Å². The first-order valence-corrected chi connectivity index (χ1v) is 31.1. The minimum absolute atomic E-state index is 0.930. The summed E-state index contributed by atoms with van der Waals surface area (Å²) in [7, 11) is 0. The Morgan fingerprint density at radius 1 is 0.174 bits per heavy atom. The summed E-state index contributed by atoms with van der Waals surface area (Å²) in [6.07, 6.45) is 3.72. The van der Waals surface area contributed by atoms with Crippen LogP contribution in [0.15, 0.2) is 316 Å². The molecule has 0 bridgehead atoms. The van der Waals surface area contributed by atoms with Gasteiger partial charge in [-0.15, -0.1) is 0 Å². The Labute approximate surface area is 529 Å². The maximum atomic E-state index is 5.21. The van der Waals surface area contributed by atoms with Crippen molar-refractivity contribution < 1.29 is 0 Å². The quantitative estimate of drug-likeness (QED) is 0.154. The first kappa shape index (κ1) is 52.7. The van der Waals surface area contributed by atoms with Crippen molar-refractivity contribution in [2.75, 3.05) is 0 Å². The van der Waals surface area contributed by atoms with Gasteiger partial charge in [0.05, 0.1) is 55.9 Å². The maximum absolute atomic E-state index is 5.21. The zero-order valence-electron chi connectivity index (χ0n) is 49.7. The number of aromatic nitrogens is 6. The Morgan fingerprint density at radius 2 is 0.522 bits per heavy atom. The van der Waals surface area contributed by atoms with Crippen LogP contribution in [0.25, 0.3) is 187 Å². The van der Waals surface area contributed by atoms with Crippen LogP contribution in [-0.4, -0.2) is 29.9 Å². The van der Waals surface area contributed by atoms with E-state index in [0.717, 1.165) is 138 Å². The van der Waals surface area contributed by atoms with E-state index < -0.39 is 0 Å². The van der Waals surface area contributed by atoms with E-state index in [2.05, 4.69) is 301 Å². The molecule has 0 saturated carbocycles. The van der Waals surface area contributed by atoms with Gasteiger partial charge in [-0.1, -0.05) is 224 Å². The normalized spacial score (nSPS) is 11.7. The molecule has 6 aromatic heterocycles. The van der Waals surface area contributed by atoms with Crippen molar-refractivity contribution in [1.82, 2.24) is 29.9 Å². The van der Waals surface area contributed by atoms with Gasteiger partial charge in [0.2, 0.25) is 0 Å². The molecule has 0 radical (unpaired) electrons. The molecule has 6 heterocycles. The van der Waals surface area contributed by atoms with Gasteiger partial charge < -0.3 is 0 Å². The van der Waals surface area contributed by atoms with E-state index in [0.29, 0.717) is 0 Å². The largest absolute Gasteiger partial charge is 0.256 e. The third kappa shape index (κ3) is 9.19. The lowest BCUT2D eigenvalue weighted by atomic mass is 9.93. The molecule has 0 unspecified atom stereocenters. The molecule has 19 aromatic rings. The van der Waals surface area contributed by atoms with Crippen molar-refractivity contribution in [3.8, 4) is 67.3 Å². The molecule has 13 aromatic carbocycles. The average molecular weight is 1170 g/mol. The number of nitrogens with zero attached hydrogens (tertiary/aromatic N) is 6.